The van der Waals surface area contributed by atoms with Gasteiger partial charge < -0.3 is 0 Å². The second kappa shape index (κ2) is 8.38. The van der Waals surface area contributed by atoms with E-state index < -0.39 is 0 Å². The van der Waals surface area contributed by atoms with Gasteiger partial charge in [0, 0.05) is 34.7 Å². The Morgan fingerprint density at radius 1 is 1.48 bits per heavy atom. The number of halogens is 1. The molecule has 5 nitrogen and oxygen atoms in total. The van der Waals surface area contributed by atoms with E-state index in [9.17, 15) is 0 Å². The zero-order valence-corrected chi connectivity index (χ0v) is 13.6. The molecule has 0 bridgehead atoms. The Hall–Kier alpha value is -1.08. The molecule has 0 saturated carbocycles. The number of nitrogens with one attached hydrogen (secondary N) is 1. The van der Waals surface area contributed by atoms with Gasteiger partial charge in [0.25, 0.3) is 0 Å². The maximum Gasteiger partial charge on any atom is 0.138 e. The summed E-state index contributed by atoms with van der Waals surface area (Å²) in [5.74, 6) is 7.47. The number of aryl methyl sites for hydroxylation is 1. The van der Waals surface area contributed by atoms with Crippen LogP contribution in [-0.2, 0) is 13.0 Å². The zero-order valence-electron chi connectivity index (χ0n) is 12.0. The minimum atomic E-state index is 0.133. The summed E-state index contributed by atoms with van der Waals surface area (Å²) in [6, 6.07) is 7.96. The summed E-state index contributed by atoms with van der Waals surface area (Å²) < 4.78 is 1.94. The fourth-order valence-corrected chi connectivity index (χ4v) is 3.23. The van der Waals surface area contributed by atoms with Crippen LogP contribution in [-0.4, -0.2) is 26.6 Å². The number of benzene rings is 1. The molecule has 0 aliphatic heterocycles. The molecule has 0 aliphatic carbocycles. The smallest absolute Gasteiger partial charge is 0.138 e. The minimum absolute atomic E-state index is 0.133. The van der Waals surface area contributed by atoms with Crippen molar-refractivity contribution in [1.82, 2.24) is 20.2 Å². The SMILES string of the molecule is CCCn1ncnc1CC(CSc1cccc(Cl)c1)NN. The van der Waals surface area contributed by atoms with Gasteiger partial charge in [0.2, 0.25) is 0 Å². The maximum atomic E-state index is 5.99. The lowest BCUT2D eigenvalue weighted by atomic mass is 10.2. The normalized spacial score (nSPS) is 12.5. The molecular weight excluding hydrogens is 306 g/mol. The Labute approximate surface area is 134 Å². The molecule has 114 valence electrons. The van der Waals surface area contributed by atoms with E-state index >= 15 is 0 Å². The van der Waals surface area contributed by atoms with Crippen molar-refractivity contribution in [1.29, 1.82) is 0 Å². The van der Waals surface area contributed by atoms with Crippen LogP contribution in [0.2, 0.25) is 5.02 Å². The molecular formula is C14H20ClN5S. The lowest BCUT2D eigenvalue weighted by Gasteiger charge is -2.15. The van der Waals surface area contributed by atoms with Crippen LogP contribution in [0.5, 0.6) is 0 Å². The Morgan fingerprint density at radius 2 is 2.33 bits per heavy atom. The molecule has 1 heterocycles. The largest absolute Gasteiger partial charge is 0.271 e. The number of nitrogens with zero attached hydrogens (tertiary/aromatic N) is 3. The number of rotatable bonds is 8. The number of hydrazine groups is 1. The van der Waals surface area contributed by atoms with Crippen molar-refractivity contribution in [2.45, 2.75) is 37.2 Å². The quantitative estimate of drug-likeness (QED) is 0.443. The first-order valence-electron chi connectivity index (χ1n) is 6.94. The van der Waals surface area contributed by atoms with Gasteiger partial charge in [-0.05, 0) is 24.6 Å². The fourth-order valence-electron chi connectivity index (χ4n) is 1.98. The van der Waals surface area contributed by atoms with Gasteiger partial charge in [0.1, 0.15) is 12.2 Å². The molecule has 2 rings (SSSR count). The van der Waals surface area contributed by atoms with Crippen LogP contribution in [0.1, 0.15) is 19.2 Å². The average molecular weight is 326 g/mol. The fraction of sp³-hybridized carbons (Fsp3) is 0.429. The first-order valence-corrected chi connectivity index (χ1v) is 8.30. The summed E-state index contributed by atoms with van der Waals surface area (Å²) in [5, 5.41) is 4.99. The summed E-state index contributed by atoms with van der Waals surface area (Å²) in [6.07, 6.45) is 3.39. The standard InChI is InChI=1S/C14H20ClN5S/c1-2-6-20-14(17-10-18-20)8-12(19-16)9-21-13-5-3-4-11(15)7-13/h3-5,7,10,12,19H,2,6,8-9,16H2,1H3. The number of hydrogen-bond acceptors (Lipinski definition) is 5. The van der Waals surface area contributed by atoms with Crippen LogP contribution in [0.3, 0.4) is 0 Å². The molecule has 0 aliphatic rings. The van der Waals surface area contributed by atoms with E-state index in [4.69, 9.17) is 17.4 Å². The van der Waals surface area contributed by atoms with Crippen molar-refractivity contribution in [3.05, 3.63) is 41.4 Å². The van der Waals surface area contributed by atoms with Crippen molar-refractivity contribution < 1.29 is 0 Å². The second-order valence-electron chi connectivity index (χ2n) is 4.74. The van der Waals surface area contributed by atoms with Crippen molar-refractivity contribution in [2.75, 3.05) is 5.75 Å². The topological polar surface area (TPSA) is 68.8 Å². The lowest BCUT2D eigenvalue weighted by Crippen LogP contribution is -2.39. The Morgan fingerprint density at radius 3 is 3.05 bits per heavy atom. The molecule has 2 aromatic rings. The van der Waals surface area contributed by atoms with Crippen molar-refractivity contribution in [2.24, 2.45) is 5.84 Å². The Bertz CT molecular complexity index is 560. The van der Waals surface area contributed by atoms with Crippen LogP contribution in [0.4, 0.5) is 0 Å². The molecule has 0 saturated heterocycles. The summed E-state index contributed by atoms with van der Waals surface area (Å²) in [4.78, 5) is 5.45. The first kappa shape index (κ1) is 16.3. The third-order valence-electron chi connectivity index (χ3n) is 3.04. The van der Waals surface area contributed by atoms with Crippen molar-refractivity contribution >= 4 is 23.4 Å². The molecule has 7 heteroatoms. The van der Waals surface area contributed by atoms with Crippen LogP contribution < -0.4 is 11.3 Å². The monoisotopic (exact) mass is 325 g/mol. The van der Waals surface area contributed by atoms with E-state index in [2.05, 4.69) is 22.4 Å². The van der Waals surface area contributed by atoms with Gasteiger partial charge in [-0.3, -0.25) is 16.0 Å². The van der Waals surface area contributed by atoms with Crippen LogP contribution in [0.25, 0.3) is 0 Å². The molecule has 21 heavy (non-hydrogen) atoms. The molecule has 0 spiro atoms. The molecule has 0 radical (unpaired) electrons. The third kappa shape index (κ3) is 5.00. The van der Waals surface area contributed by atoms with Gasteiger partial charge in [-0.1, -0.05) is 24.6 Å². The summed E-state index contributed by atoms with van der Waals surface area (Å²) in [7, 11) is 0. The minimum Gasteiger partial charge on any atom is -0.271 e. The molecule has 1 aromatic carbocycles. The average Bonchev–Trinajstić information content (AvgIpc) is 2.91. The highest BCUT2D eigenvalue weighted by Crippen LogP contribution is 2.22. The second-order valence-corrected chi connectivity index (χ2v) is 6.27. The molecule has 1 aromatic heterocycles. The van der Waals surface area contributed by atoms with Gasteiger partial charge in [-0.25, -0.2) is 4.98 Å². The van der Waals surface area contributed by atoms with E-state index in [-0.39, 0.29) is 6.04 Å². The van der Waals surface area contributed by atoms with Gasteiger partial charge >= 0.3 is 0 Å². The predicted molar refractivity (Wildman–Crippen MR) is 87.3 cm³/mol. The first-order chi connectivity index (χ1) is 10.2. The highest BCUT2D eigenvalue weighted by molar-refractivity contribution is 7.99. The van der Waals surface area contributed by atoms with Gasteiger partial charge in [0.05, 0.1) is 0 Å². The van der Waals surface area contributed by atoms with Gasteiger partial charge in [-0.2, -0.15) is 5.10 Å². The molecule has 0 amide bonds. The van der Waals surface area contributed by atoms with Crippen molar-refractivity contribution in [3.8, 4) is 0 Å². The molecule has 1 unspecified atom stereocenters. The zero-order chi connectivity index (χ0) is 15.1. The Kier molecular flexibility index (Phi) is 6.50. The highest BCUT2D eigenvalue weighted by Gasteiger charge is 2.13. The highest BCUT2D eigenvalue weighted by atomic mass is 35.5. The van der Waals surface area contributed by atoms with E-state index in [1.54, 1.807) is 18.1 Å². The number of nitrogens with two attached hydrogens (primary N) is 1. The number of hydrogen-bond donors (Lipinski definition) is 2. The van der Waals surface area contributed by atoms with Gasteiger partial charge in [-0.15, -0.1) is 11.8 Å². The molecule has 1 atom stereocenters. The summed E-state index contributed by atoms with van der Waals surface area (Å²) in [5.41, 5.74) is 2.86. The van der Waals surface area contributed by atoms with Crippen LogP contribution >= 0.6 is 23.4 Å². The van der Waals surface area contributed by atoms with E-state index in [1.165, 1.54) is 0 Å². The van der Waals surface area contributed by atoms with E-state index in [0.717, 1.165) is 40.9 Å². The molecule has 0 fully saturated rings. The summed E-state index contributed by atoms with van der Waals surface area (Å²) >= 11 is 7.71. The predicted octanol–water partition coefficient (Wildman–Crippen LogP) is 2.51. The van der Waals surface area contributed by atoms with E-state index in [0.29, 0.717) is 0 Å². The van der Waals surface area contributed by atoms with E-state index in [1.807, 2.05) is 28.9 Å². The Balaban J connectivity index is 1.92. The number of aromatic nitrogens is 3. The van der Waals surface area contributed by atoms with Crippen molar-refractivity contribution in [3.63, 3.8) is 0 Å². The van der Waals surface area contributed by atoms with Gasteiger partial charge in [0.15, 0.2) is 0 Å². The summed E-state index contributed by atoms with van der Waals surface area (Å²) in [6.45, 7) is 3.01. The maximum absolute atomic E-state index is 5.99. The third-order valence-corrected chi connectivity index (χ3v) is 4.43. The molecule has 3 N–H and O–H groups in total. The lowest BCUT2D eigenvalue weighted by molar-refractivity contribution is 0.513. The van der Waals surface area contributed by atoms with Crippen LogP contribution in [0.15, 0.2) is 35.5 Å². The number of thioether (sulfide) groups is 1. The van der Waals surface area contributed by atoms with Crippen LogP contribution in [0, 0.1) is 0 Å².